The number of guanidine groups is 1. The Morgan fingerprint density at radius 3 is 3.08 bits per heavy atom. The topological polar surface area (TPSA) is 94.2 Å². The van der Waals surface area contributed by atoms with Gasteiger partial charge in [0.25, 0.3) is 0 Å². The van der Waals surface area contributed by atoms with Crippen molar-refractivity contribution < 1.29 is 4.74 Å². The number of aliphatic imine (C=N–C) groups is 1. The zero-order valence-electron chi connectivity index (χ0n) is 15.3. The number of rotatable bonds is 7. The average Bonchev–Trinajstić information content (AvgIpc) is 3.24. The zero-order valence-corrected chi connectivity index (χ0v) is 17.6. The molecule has 0 amide bonds. The van der Waals surface area contributed by atoms with E-state index in [1.807, 2.05) is 15.4 Å². The second kappa shape index (κ2) is 10.5. The second-order valence-electron chi connectivity index (χ2n) is 6.00. The van der Waals surface area contributed by atoms with Gasteiger partial charge in [-0.2, -0.15) is 5.10 Å². The Labute approximate surface area is 170 Å². The van der Waals surface area contributed by atoms with E-state index in [2.05, 4.69) is 37.6 Å². The molecule has 26 heavy (non-hydrogen) atoms. The van der Waals surface area contributed by atoms with Crippen molar-refractivity contribution in [1.29, 1.82) is 0 Å². The van der Waals surface area contributed by atoms with Gasteiger partial charge in [0.05, 0.1) is 19.4 Å². The molecule has 1 aliphatic rings. The highest BCUT2D eigenvalue weighted by Crippen LogP contribution is 2.13. The lowest BCUT2D eigenvalue weighted by Gasteiger charge is -2.25. The van der Waals surface area contributed by atoms with Gasteiger partial charge in [0.15, 0.2) is 11.8 Å². The van der Waals surface area contributed by atoms with E-state index in [1.165, 1.54) is 0 Å². The van der Waals surface area contributed by atoms with Crippen LogP contribution in [0.5, 0.6) is 0 Å². The monoisotopic (exact) mass is 474 g/mol. The molecule has 0 bridgehead atoms. The number of hydrogen-bond donors (Lipinski definition) is 2. The maximum atomic E-state index is 5.11. The third-order valence-electron chi connectivity index (χ3n) is 4.05. The van der Waals surface area contributed by atoms with Crippen molar-refractivity contribution >= 4 is 29.9 Å². The van der Waals surface area contributed by atoms with E-state index >= 15 is 0 Å². The first-order valence-corrected chi connectivity index (χ1v) is 8.70. The molecule has 1 unspecified atom stereocenters. The number of aromatic nitrogens is 5. The van der Waals surface area contributed by atoms with Crippen molar-refractivity contribution in [1.82, 2.24) is 34.9 Å². The van der Waals surface area contributed by atoms with Crippen molar-refractivity contribution in [3.63, 3.8) is 0 Å². The van der Waals surface area contributed by atoms with Gasteiger partial charge in [-0.3, -0.25) is 4.99 Å². The Morgan fingerprint density at radius 2 is 2.35 bits per heavy atom. The van der Waals surface area contributed by atoms with Gasteiger partial charge in [-0.05, 0) is 13.3 Å². The van der Waals surface area contributed by atoms with E-state index in [0.29, 0.717) is 13.2 Å². The summed E-state index contributed by atoms with van der Waals surface area (Å²) in [7, 11) is 1.66. The maximum absolute atomic E-state index is 5.11. The number of methoxy groups -OCH3 is 1. The van der Waals surface area contributed by atoms with E-state index < -0.39 is 0 Å². The Kier molecular flexibility index (Phi) is 8.29. The van der Waals surface area contributed by atoms with Crippen LogP contribution in [0.1, 0.15) is 25.0 Å². The van der Waals surface area contributed by atoms with Gasteiger partial charge in [0.1, 0.15) is 12.4 Å². The third-order valence-corrected chi connectivity index (χ3v) is 4.05. The van der Waals surface area contributed by atoms with Gasteiger partial charge in [-0.1, -0.05) is 0 Å². The molecule has 0 fully saturated rings. The highest BCUT2D eigenvalue weighted by molar-refractivity contribution is 14.0. The molecule has 3 heterocycles. The summed E-state index contributed by atoms with van der Waals surface area (Å²) >= 11 is 0. The summed E-state index contributed by atoms with van der Waals surface area (Å²) in [5.41, 5.74) is 0. The highest BCUT2D eigenvalue weighted by atomic mass is 127. The van der Waals surface area contributed by atoms with Crippen LogP contribution < -0.4 is 10.6 Å². The molecule has 0 saturated heterocycles. The van der Waals surface area contributed by atoms with E-state index in [9.17, 15) is 0 Å². The molecular weight excluding hydrogens is 447 g/mol. The minimum atomic E-state index is 0. The molecule has 144 valence electrons. The van der Waals surface area contributed by atoms with Crippen molar-refractivity contribution in [2.24, 2.45) is 4.99 Å². The van der Waals surface area contributed by atoms with Gasteiger partial charge >= 0.3 is 0 Å². The molecule has 1 aliphatic heterocycles. The first-order valence-electron chi connectivity index (χ1n) is 8.70. The molecule has 2 N–H and O–H groups in total. The van der Waals surface area contributed by atoms with Crippen LogP contribution in [0, 0.1) is 0 Å². The van der Waals surface area contributed by atoms with Crippen LogP contribution in [-0.2, 0) is 30.9 Å². The number of aryl methyl sites for hydroxylation is 1. The third kappa shape index (κ3) is 5.66. The molecule has 0 aliphatic carbocycles. The van der Waals surface area contributed by atoms with Crippen LogP contribution in [0.2, 0.25) is 0 Å². The van der Waals surface area contributed by atoms with Gasteiger partial charge < -0.3 is 19.9 Å². The normalized spacial score (nSPS) is 16.7. The van der Waals surface area contributed by atoms with Crippen molar-refractivity contribution in [3.8, 4) is 0 Å². The van der Waals surface area contributed by atoms with E-state index in [0.717, 1.165) is 50.1 Å². The number of halogens is 1. The predicted octanol–water partition coefficient (Wildman–Crippen LogP) is 0.809. The van der Waals surface area contributed by atoms with Crippen LogP contribution in [0.4, 0.5) is 0 Å². The summed E-state index contributed by atoms with van der Waals surface area (Å²) in [6.07, 6.45) is 7.45. The SMILES string of the molecule is CCNC(=NCCn1ccnc1)NC1CCc2nc(COC)nn2C1.I. The number of nitrogens with zero attached hydrogens (tertiary/aromatic N) is 6. The van der Waals surface area contributed by atoms with Crippen LogP contribution >= 0.6 is 24.0 Å². The Balaban J connectivity index is 0.00000243. The van der Waals surface area contributed by atoms with E-state index in [-0.39, 0.29) is 30.0 Å². The van der Waals surface area contributed by atoms with Crippen LogP contribution in [0.3, 0.4) is 0 Å². The van der Waals surface area contributed by atoms with E-state index in [1.54, 1.807) is 19.6 Å². The molecule has 10 heteroatoms. The minimum absolute atomic E-state index is 0. The fourth-order valence-electron chi connectivity index (χ4n) is 2.88. The quantitative estimate of drug-likeness (QED) is 0.351. The Hall–Kier alpha value is -1.69. The van der Waals surface area contributed by atoms with Gasteiger partial charge in [0, 0.05) is 45.1 Å². The standard InChI is InChI=1S/C16H26N8O.HI/c1-3-18-16(19-7-9-23-8-6-17-12-23)20-13-4-5-15-21-14(11-25-2)22-24(15)10-13;/h6,8,12-13H,3-5,7,9-11H2,1-2H3,(H2,18,19,20);1H. The lowest BCUT2D eigenvalue weighted by Crippen LogP contribution is -2.47. The summed E-state index contributed by atoms with van der Waals surface area (Å²) < 4.78 is 9.11. The smallest absolute Gasteiger partial charge is 0.191 e. The maximum Gasteiger partial charge on any atom is 0.191 e. The number of hydrogen-bond acceptors (Lipinski definition) is 5. The molecule has 0 radical (unpaired) electrons. The average molecular weight is 474 g/mol. The first kappa shape index (κ1) is 20.6. The first-order chi connectivity index (χ1) is 12.3. The lowest BCUT2D eigenvalue weighted by molar-refractivity contribution is 0.177. The summed E-state index contributed by atoms with van der Waals surface area (Å²) in [5.74, 6) is 2.62. The molecule has 0 saturated carbocycles. The largest absolute Gasteiger partial charge is 0.377 e. The molecule has 2 aromatic heterocycles. The predicted molar refractivity (Wildman–Crippen MR) is 110 cm³/mol. The molecule has 0 spiro atoms. The number of fused-ring (bicyclic) bond motifs is 1. The zero-order chi connectivity index (χ0) is 17.5. The fraction of sp³-hybridized carbons (Fsp3) is 0.625. The summed E-state index contributed by atoms with van der Waals surface area (Å²) in [5, 5.41) is 11.3. The number of imidazole rings is 1. The Morgan fingerprint density at radius 1 is 1.46 bits per heavy atom. The van der Waals surface area contributed by atoms with Gasteiger partial charge in [-0.15, -0.1) is 24.0 Å². The summed E-state index contributed by atoms with van der Waals surface area (Å²) in [4.78, 5) is 13.2. The Bertz CT molecular complexity index is 684. The van der Waals surface area contributed by atoms with Crippen molar-refractivity contribution in [3.05, 3.63) is 30.4 Å². The molecule has 9 nitrogen and oxygen atoms in total. The molecular formula is C16H27IN8O. The fourth-order valence-corrected chi connectivity index (χ4v) is 2.88. The van der Waals surface area contributed by atoms with Crippen LogP contribution in [-0.4, -0.2) is 56.5 Å². The summed E-state index contributed by atoms with van der Waals surface area (Å²) in [6, 6.07) is 0.288. The second-order valence-corrected chi connectivity index (χ2v) is 6.00. The van der Waals surface area contributed by atoms with Gasteiger partial charge in [-0.25, -0.2) is 14.6 Å². The van der Waals surface area contributed by atoms with Crippen LogP contribution in [0.15, 0.2) is 23.7 Å². The van der Waals surface area contributed by atoms with Crippen molar-refractivity contribution in [2.75, 3.05) is 20.2 Å². The molecule has 0 aromatic carbocycles. The van der Waals surface area contributed by atoms with E-state index in [4.69, 9.17) is 4.74 Å². The summed E-state index contributed by atoms with van der Waals surface area (Å²) in [6.45, 7) is 5.66. The molecule has 2 aromatic rings. The number of ether oxygens (including phenoxy) is 1. The minimum Gasteiger partial charge on any atom is -0.377 e. The number of nitrogens with one attached hydrogen (secondary N) is 2. The molecule has 3 rings (SSSR count). The lowest BCUT2D eigenvalue weighted by atomic mass is 10.1. The highest BCUT2D eigenvalue weighted by Gasteiger charge is 2.22. The van der Waals surface area contributed by atoms with Crippen molar-refractivity contribution in [2.45, 2.75) is 45.5 Å². The van der Waals surface area contributed by atoms with Crippen LogP contribution in [0.25, 0.3) is 0 Å². The molecule has 1 atom stereocenters. The van der Waals surface area contributed by atoms with Gasteiger partial charge in [0.2, 0.25) is 0 Å².